The molecule has 1 amide bonds. The zero-order valence-electron chi connectivity index (χ0n) is 13.7. The second-order valence-corrected chi connectivity index (χ2v) is 5.00. The van der Waals surface area contributed by atoms with Gasteiger partial charge in [0.15, 0.2) is 6.61 Å². The lowest BCUT2D eigenvalue weighted by molar-refractivity contribution is -0.118. The highest BCUT2D eigenvalue weighted by atomic mass is 19.1. The molecule has 0 saturated carbocycles. The first kappa shape index (κ1) is 17.6. The van der Waals surface area contributed by atoms with Gasteiger partial charge in [0.1, 0.15) is 23.1 Å². The van der Waals surface area contributed by atoms with E-state index in [9.17, 15) is 9.18 Å². The van der Waals surface area contributed by atoms with Crippen LogP contribution in [0.1, 0.15) is 13.3 Å². The van der Waals surface area contributed by atoms with Crippen LogP contribution in [0.2, 0.25) is 0 Å². The van der Waals surface area contributed by atoms with Gasteiger partial charge in [0.2, 0.25) is 0 Å². The number of hydrogen-bond donors (Lipinski definition) is 1. The van der Waals surface area contributed by atoms with Gasteiger partial charge in [-0.15, -0.1) is 0 Å². The Hall–Kier alpha value is -2.76. The summed E-state index contributed by atoms with van der Waals surface area (Å²) in [5, 5.41) is 2.62. The van der Waals surface area contributed by atoms with Gasteiger partial charge < -0.3 is 19.5 Å². The van der Waals surface area contributed by atoms with Gasteiger partial charge in [0.25, 0.3) is 5.91 Å². The molecule has 0 saturated heterocycles. The summed E-state index contributed by atoms with van der Waals surface area (Å²) in [4.78, 5) is 11.9. The van der Waals surface area contributed by atoms with E-state index in [1.54, 1.807) is 24.3 Å². The molecule has 0 aliphatic heterocycles. The third-order valence-corrected chi connectivity index (χ3v) is 3.10. The van der Waals surface area contributed by atoms with Crippen LogP contribution in [0.25, 0.3) is 0 Å². The topological polar surface area (TPSA) is 56.8 Å². The quantitative estimate of drug-likeness (QED) is 0.801. The third kappa shape index (κ3) is 5.15. The summed E-state index contributed by atoms with van der Waals surface area (Å²) in [6.45, 7) is 2.52. The lowest BCUT2D eigenvalue weighted by atomic mass is 10.3. The van der Waals surface area contributed by atoms with Crippen LogP contribution >= 0.6 is 0 Å². The molecule has 5 nitrogen and oxygen atoms in total. The molecule has 0 aromatic heterocycles. The van der Waals surface area contributed by atoms with Crippen LogP contribution in [-0.4, -0.2) is 26.2 Å². The van der Waals surface area contributed by atoms with Crippen LogP contribution in [0, 0.1) is 5.82 Å². The number of carbonyl (C=O) groups excluding carboxylic acids is 1. The molecule has 0 aliphatic rings. The Morgan fingerprint density at radius 3 is 2.38 bits per heavy atom. The summed E-state index contributed by atoms with van der Waals surface area (Å²) in [5.74, 6) is 0.753. The molecule has 0 radical (unpaired) electrons. The van der Waals surface area contributed by atoms with Gasteiger partial charge in [-0.3, -0.25) is 4.79 Å². The summed E-state index contributed by atoms with van der Waals surface area (Å²) in [6, 6.07) is 10.9. The van der Waals surface area contributed by atoms with E-state index in [1.165, 1.54) is 25.3 Å². The van der Waals surface area contributed by atoms with Crippen molar-refractivity contribution in [2.24, 2.45) is 0 Å². The SMILES string of the molecule is CCCOc1ccc(OCC(=O)Nc2ccc(F)cc2OC)cc1. The van der Waals surface area contributed by atoms with E-state index in [4.69, 9.17) is 14.2 Å². The lowest BCUT2D eigenvalue weighted by Crippen LogP contribution is -2.20. The van der Waals surface area contributed by atoms with Crippen LogP contribution in [-0.2, 0) is 4.79 Å². The van der Waals surface area contributed by atoms with Gasteiger partial charge in [0, 0.05) is 6.07 Å². The molecule has 6 heteroatoms. The molecule has 128 valence electrons. The zero-order chi connectivity index (χ0) is 17.4. The van der Waals surface area contributed by atoms with E-state index in [0.717, 1.165) is 12.2 Å². The average Bonchev–Trinajstić information content (AvgIpc) is 2.60. The smallest absolute Gasteiger partial charge is 0.262 e. The fourth-order valence-corrected chi connectivity index (χ4v) is 1.96. The summed E-state index contributed by atoms with van der Waals surface area (Å²) < 4.78 is 29.0. The minimum absolute atomic E-state index is 0.171. The van der Waals surface area contributed by atoms with Gasteiger partial charge in [0.05, 0.1) is 19.4 Å². The minimum Gasteiger partial charge on any atom is -0.494 e. The van der Waals surface area contributed by atoms with E-state index >= 15 is 0 Å². The van der Waals surface area contributed by atoms with E-state index < -0.39 is 5.82 Å². The second-order valence-electron chi connectivity index (χ2n) is 5.00. The predicted molar refractivity (Wildman–Crippen MR) is 89.3 cm³/mol. The number of amides is 1. The van der Waals surface area contributed by atoms with Crippen LogP contribution in [0.3, 0.4) is 0 Å². The van der Waals surface area contributed by atoms with E-state index in [2.05, 4.69) is 5.32 Å². The summed E-state index contributed by atoms with van der Waals surface area (Å²) in [7, 11) is 1.41. The highest BCUT2D eigenvalue weighted by Crippen LogP contribution is 2.25. The highest BCUT2D eigenvalue weighted by molar-refractivity contribution is 5.93. The van der Waals surface area contributed by atoms with Crippen LogP contribution in [0.5, 0.6) is 17.2 Å². The standard InChI is InChI=1S/C18H20FNO4/c1-3-10-23-14-5-7-15(8-6-14)24-12-18(21)20-16-9-4-13(19)11-17(16)22-2/h4-9,11H,3,10,12H2,1-2H3,(H,20,21). The van der Waals surface area contributed by atoms with Crippen molar-refractivity contribution in [2.45, 2.75) is 13.3 Å². The normalized spacial score (nSPS) is 10.1. The maximum absolute atomic E-state index is 13.1. The Morgan fingerprint density at radius 2 is 1.75 bits per heavy atom. The molecule has 2 aromatic rings. The molecule has 0 atom stereocenters. The third-order valence-electron chi connectivity index (χ3n) is 3.10. The number of rotatable bonds is 8. The molecule has 0 aliphatic carbocycles. The molecule has 0 unspecified atom stereocenters. The fraction of sp³-hybridized carbons (Fsp3) is 0.278. The lowest BCUT2D eigenvalue weighted by Gasteiger charge is -2.11. The molecule has 24 heavy (non-hydrogen) atoms. The molecule has 0 bridgehead atoms. The minimum atomic E-state index is -0.438. The monoisotopic (exact) mass is 333 g/mol. The molecule has 0 spiro atoms. The number of methoxy groups -OCH3 is 1. The number of nitrogens with one attached hydrogen (secondary N) is 1. The molecule has 0 heterocycles. The van der Waals surface area contributed by atoms with Crippen LogP contribution < -0.4 is 19.5 Å². The van der Waals surface area contributed by atoms with Gasteiger partial charge in [-0.1, -0.05) is 6.92 Å². The summed E-state index contributed by atoms with van der Waals surface area (Å²) in [6.07, 6.45) is 0.936. The van der Waals surface area contributed by atoms with Crippen molar-refractivity contribution < 1.29 is 23.4 Å². The Kier molecular flexibility index (Phi) is 6.42. The average molecular weight is 333 g/mol. The van der Waals surface area contributed by atoms with Gasteiger partial charge in [-0.25, -0.2) is 4.39 Å². The first-order chi connectivity index (χ1) is 11.6. The first-order valence-corrected chi connectivity index (χ1v) is 7.61. The van der Waals surface area contributed by atoms with Crippen LogP contribution in [0.15, 0.2) is 42.5 Å². The van der Waals surface area contributed by atoms with Crippen molar-refractivity contribution in [3.63, 3.8) is 0 Å². The van der Waals surface area contributed by atoms with E-state index in [1.807, 2.05) is 6.92 Å². The van der Waals surface area contributed by atoms with Crippen molar-refractivity contribution in [3.05, 3.63) is 48.3 Å². The van der Waals surface area contributed by atoms with Crippen molar-refractivity contribution in [1.29, 1.82) is 0 Å². The Balaban J connectivity index is 1.87. The highest BCUT2D eigenvalue weighted by Gasteiger charge is 2.09. The molecular formula is C18H20FNO4. The van der Waals surface area contributed by atoms with Crippen molar-refractivity contribution in [1.82, 2.24) is 0 Å². The Morgan fingerprint density at radius 1 is 1.08 bits per heavy atom. The predicted octanol–water partition coefficient (Wildman–Crippen LogP) is 3.64. The van der Waals surface area contributed by atoms with Gasteiger partial charge in [-0.05, 0) is 42.8 Å². The van der Waals surface area contributed by atoms with E-state index in [0.29, 0.717) is 18.0 Å². The number of anilines is 1. The Bertz CT molecular complexity index is 673. The van der Waals surface area contributed by atoms with Crippen molar-refractivity contribution in [2.75, 3.05) is 25.6 Å². The molecule has 0 fully saturated rings. The number of hydrogen-bond acceptors (Lipinski definition) is 4. The fourth-order valence-electron chi connectivity index (χ4n) is 1.96. The van der Waals surface area contributed by atoms with E-state index in [-0.39, 0.29) is 18.3 Å². The maximum Gasteiger partial charge on any atom is 0.262 e. The second kappa shape index (κ2) is 8.76. The van der Waals surface area contributed by atoms with Gasteiger partial charge in [-0.2, -0.15) is 0 Å². The summed E-state index contributed by atoms with van der Waals surface area (Å²) >= 11 is 0. The summed E-state index contributed by atoms with van der Waals surface area (Å²) in [5.41, 5.74) is 0.385. The maximum atomic E-state index is 13.1. The molecule has 2 rings (SSSR count). The first-order valence-electron chi connectivity index (χ1n) is 7.61. The molecule has 2 aromatic carbocycles. The van der Waals surface area contributed by atoms with Crippen LogP contribution in [0.4, 0.5) is 10.1 Å². The number of halogens is 1. The van der Waals surface area contributed by atoms with Gasteiger partial charge >= 0.3 is 0 Å². The molecule has 1 N–H and O–H groups in total. The van der Waals surface area contributed by atoms with Crippen molar-refractivity contribution in [3.8, 4) is 17.2 Å². The number of ether oxygens (including phenoxy) is 3. The number of benzene rings is 2. The zero-order valence-corrected chi connectivity index (χ0v) is 13.7. The molecular weight excluding hydrogens is 313 g/mol. The Labute approximate surface area is 140 Å². The largest absolute Gasteiger partial charge is 0.494 e. The van der Waals surface area contributed by atoms with Crippen molar-refractivity contribution >= 4 is 11.6 Å². The number of carbonyl (C=O) groups is 1.